The highest BCUT2D eigenvalue weighted by Gasteiger charge is 2.15. The number of carbonyl (C=O) groups excluding carboxylic acids is 1. The lowest BCUT2D eigenvalue weighted by Crippen LogP contribution is -2.31. The van der Waals surface area contributed by atoms with Gasteiger partial charge in [-0.1, -0.05) is 60.7 Å². The van der Waals surface area contributed by atoms with E-state index in [9.17, 15) is 13.6 Å². The van der Waals surface area contributed by atoms with Crippen LogP contribution in [0.25, 0.3) is 11.1 Å². The molecule has 3 rings (SSSR count). The van der Waals surface area contributed by atoms with Crippen LogP contribution in [0.4, 0.5) is 5.69 Å². The highest BCUT2D eigenvalue weighted by atomic mass is 32.2. The van der Waals surface area contributed by atoms with Crippen LogP contribution in [0.2, 0.25) is 0 Å². The van der Waals surface area contributed by atoms with Crippen molar-refractivity contribution in [2.24, 2.45) is 5.73 Å². The fourth-order valence-corrected chi connectivity index (χ4v) is 3.83. The Morgan fingerprint density at radius 2 is 1.81 bits per heavy atom. The van der Waals surface area contributed by atoms with Crippen molar-refractivity contribution < 1.29 is 13.6 Å². The van der Waals surface area contributed by atoms with Gasteiger partial charge < -0.3 is 10.6 Å². The highest BCUT2D eigenvalue weighted by Crippen LogP contribution is 2.29. The van der Waals surface area contributed by atoms with Gasteiger partial charge in [0, 0.05) is 24.2 Å². The average Bonchev–Trinajstić information content (AvgIpc) is 2.78. The fraction of sp³-hybridized carbons (Fsp3) is 0.167. The van der Waals surface area contributed by atoms with Crippen molar-refractivity contribution in [2.45, 2.75) is 19.9 Å². The number of anilines is 1. The van der Waals surface area contributed by atoms with E-state index in [0.29, 0.717) is 24.3 Å². The van der Waals surface area contributed by atoms with Crippen LogP contribution in [0.5, 0.6) is 0 Å². The maximum atomic E-state index is 13.0. The monoisotopic (exact) mass is 450 g/mol. The summed E-state index contributed by atoms with van der Waals surface area (Å²) in [6, 6.07) is 22.3. The molecule has 8 heteroatoms. The van der Waals surface area contributed by atoms with Gasteiger partial charge in [0.15, 0.2) is 0 Å². The summed E-state index contributed by atoms with van der Waals surface area (Å²) < 4.78 is 23.3. The molecule has 5 N–H and O–H groups in total. The molecule has 1 amide bonds. The zero-order valence-corrected chi connectivity index (χ0v) is 18.6. The largest absolute Gasteiger partial charge is 0.384 e. The van der Waals surface area contributed by atoms with Gasteiger partial charge >= 0.3 is 0 Å². The lowest BCUT2D eigenvalue weighted by molar-refractivity contribution is -0.130. The van der Waals surface area contributed by atoms with Gasteiger partial charge in [-0.25, -0.2) is 4.21 Å². The molecule has 0 heterocycles. The van der Waals surface area contributed by atoms with Crippen molar-refractivity contribution in [3.63, 3.8) is 0 Å². The van der Waals surface area contributed by atoms with Crippen LogP contribution in [0, 0.1) is 5.41 Å². The van der Waals surface area contributed by atoms with E-state index < -0.39 is 11.3 Å². The number of nitrogens with two attached hydrogens (primary N) is 1. The topological polar surface area (TPSA) is 120 Å². The first-order valence-electron chi connectivity index (χ1n) is 10.1. The second kappa shape index (κ2) is 10.7. The number of hydrogen-bond donors (Lipinski definition) is 4. The molecule has 1 unspecified atom stereocenters. The molecule has 0 radical (unpaired) electrons. The average molecular weight is 451 g/mol. The lowest BCUT2D eigenvalue weighted by atomic mass is 10.0. The molecule has 32 heavy (non-hydrogen) atoms. The summed E-state index contributed by atoms with van der Waals surface area (Å²) >= 11 is -2.24. The molecule has 0 aliphatic rings. The Bertz CT molecular complexity index is 1140. The molecule has 3 aromatic carbocycles. The first-order valence-corrected chi connectivity index (χ1v) is 11.2. The van der Waals surface area contributed by atoms with Crippen molar-refractivity contribution in [3.8, 4) is 11.1 Å². The van der Waals surface area contributed by atoms with Crippen molar-refractivity contribution in [1.29, 1.82) is 5.41 Å². The number of hydrogen-bond acceptors (Lipinski definition) is 3. The van der Waals surface area contributed by atoms with Crippen molar-refractivity contribution in [3.05, 3.63) is 89.5 Å². The van der Waals surface area contributed by atoms with E-state index in [4.69, 9.17) is 11.1 Å². The van der Waals surface area contributed by atoms with Crippen molar-refractivity contribution in [1.82, 2.24) is 4.90 Å². The van der Waals surface area contributed by atoms with E-state index in [0.717, 1.165) is 22.3 Å². The summed E-state index contributed by atoms with van der Waals surface area (Å²) in [5.41, 5.74) is 9.98. The zero-order valence-electron chi connectivity index (χ0n) is 17.7. The third-order valence-corrected chi connectivity index (χ3v) is 5.46. The van der Waals surface area contributed by atoms with Crippen LogP contribution < -0.4 is 10.5 Å². The normalized spacial score (nSPS) is 11.6. The van der Waals surface area contributed by atoms with Gasteiger partial charge in [-0.15, -0.1) is 0 Å². The molecule has 0 aromatic heterocycles. The van der Waals surface area contributed by atoms with Gasteiger partial charge in [0.1, 0.15) is 5.84 Å². The molecule has 7 nitrogen and oxygen atoms in total. The molecule has 166 valence electrons. The highest BCUT2D eigenvalue weighted by molar-refractivity contribution is 7.80. The second-order valence-corrected chi connectivity index (χ2v) is 8.00. The van der Waals surface area contributed by atoms with E-state index in [1.165, 1.54) is 0 Å². The molecule has 0 aliphatic heterocycles. The number of benzene rings is 3. The molecule has 1 atom stereocenters. The summed E-state index contributed by atoms with van der Waals surface area (Å²) in [7, 11) is 0. The minimum absolute atomic E-state index is 0.0129. The third kappa shape index (κ3) is 6.03. The smallest absolute Gasteiger partial charge is 0.259 e. The van der Waals surface area contributed by atoms with E-state index in [1.54, 1.807) is 17.0 Å². The summed E-state index contributed by atoms with van der Waals surface area (Å²) in [5, 5.41) is 7.59. The maximum Gasteiger partial charge on any atom is 0.259 e. The molecule has 0 saturated heterocycles. The van der Waals surface area contributed by atoms with Gasteiger partial charge in [0.25, 0.3) is 11.3 Å². The number of nitrogens with zero attached hydrogens (tertiary/aromatic N) is 1. The number of nitrogens with one attached hydrogen (secondary N) is 2. The fourth-order valence-electron chi connectivity index (χ4n) is 3.47. The van der Waals surface area contributed by atoms with E-state index in [-0.39, 0.29) is 18.2 Å². The zero-order chi connectivity index (χ0) is 23.1. The van der Waals surface area contributed by atoms with Gasteiger partial charge in [-0.2, -0.15) is 0 Å². The van der Waals surface area contributed by atoms with E-state index in [1.807, 2.05) is 67.6 Å². The summed E-state index contributed by atoms with van der Waals surface area (Å²) in [6.45, 7) is 2.84. The molecular formula is C24H26N4O3S. The molecular weight excluding hydrogens is 424 g/mol. The number of rotatable bonds is 9. The summed E-state index contributed by atoms with van der Waals surface area (Å²) in [4.78, 5) is 14.7. The Hall–Kier alpha value is -3.49. The summed E-state index contributed by atoms with van der Waals surface area (Å²) in [6.07, 6.45) is 0.155. The Morgan fingerprint density at radius 3 is 2.47 bits per heavy atom. The Morgan fingerprint density at radius 1 is 1.06 bits per heavy atom. The number of amidine groups is 1. The van der Waals surface area contributed by atoms with Gasteiger partial charge in [0.05, 0.1) is 12.1 Å². The lowest BCUT2D eigenvalue weighted by Gasteiger charge is -2.22. The SMILES string of the molecule is CCN(Cc1cccc(C(=N)N)c1)C(=O)Cc1ccc(-c2ccccc2)c(NS(=O)O)c1. The summed E-state index contributed by atoms with van der Waals surface area (Å²) in [5.74, 6) is -0.0784. The van der Waals surface area contributed by atoms with Gasteiger partial charge in [-0.3, -0.25) is 19.5 Å². The van der Waals surface area contributed by atoms with Crippen LogP contribution in [0.3, 0.4) is 0 Å². The quantitative estimate of drug-likeness (QED) is 0.225. The standard InChI is InChI=1S/C24H26N4O3S/c1-2-28(16-18-7-6-10-20(13-18)24(25)26)23(29)15-17-11-12-21(19-8-4-3-5-9-19)22(14-17)27-32(30)31/h3-14,27H,2,15-16H2,1H3,(H3,25,26)(H,30,31). The van der Waals surface area contributed by atoms with E-state index in [2.05, 4.69) is 4.72 Å². The minimum Gasteiger partial charge on any atom is -0.384 e. The number of amides is 1. The van der Waals surface area contributed by atoms with Gasteiger partial charge in [0.2, 0.25) is 5.91 Å². The van der Waals surface area contributed by atoms with Crippen LogP contribution >= 0.6 is 0 Å². The van der Waals surface area contributed by atoms with Crippen LogP contribution in [0.15, 0.2) is 72.8 Å². The predicted molar refractivity (Wildman–Crippen MR) is 129 cm³/mol. The Labute approximate surface area is 190 Å². The maximum absolute atomic E-state index is 13.0. The number of carbonyl (C=O) groups is 1. The molecule has 3 aromatic rings. The molecule has 0 spiro atoms. The molecule has 0 saturated carbocycles. The molecule has 0 aliphatic carbocycles. The van der Waals surface area contributed by atoms with Crippen LogP contribution in [-0.4, -0.2) is 31.9 Å². The number of likely N-dealkylation sites (N-methyl/N-ethyl adjacent to an activating group) is 1. The molecule has 0 bridgehead atoms. The number of nitrogen functional groups attached to an aromatic ring is 1. The van der Waals surface area contributed by atoms with Crippen molar-refractivity contribution >= 4 is 28.7 Å². The predicted octanol–water partition coefficient (Wildman–Crippen LogP) is 3.78. The second-order valence-electron chi connectivity index (χ2n) is 7.30. The first-order chi connectivity index (χ1) is 15.4. The molecule has 0 fully saturated rings. The van der Waals surface area contributed by atoms with Crippen LogP contribution in [0.1, 0.15) is 23.6 Å². The third-order valence-electron chi connectivity index (χ3n) is 5.07. The van der Waals surface area contributed by atoms with E-state index >= 15 is 0 Å². The van der Waals surface area contributed by atoms with Crippen LogP contribution in [-0.2, 0) is 29.0 Å². The Balaban J connectivity index is 1.80. The first kappa shape index (κ1) is 23.2. The minimum atomic E-state index is -2.24. The van der Waals surface area contributed by atoms with Gasteiger partial charge in [-0.05, 0) is 35.7 Å². The Kier molecular flexibility index (Phi) is 7.75. The van der Waals surface area contributed by atoms with Crippen molar-refractivity contribution in [2.75, 3.05) is 11.3 Å².